The highest BCUT2D eigenvalue weighted by molar-refractivity contribution is 6.74. The number of rotatable bonds is 10. The van der Waals surface area contributed by atoms with Crippen LogP contribution in [-0.2, 0) is 13.7 Å². The smallest absolute Gasteiger partial charge is 0.263 e. The zero-order chi connectivity index (χ0) is 22.4. The van der Waals surface area contributed by atoms with Gasteiger partial charge in [0.05, 0.1) is 6.10 Å². The van der Waals surface area contributed by atoms with Crippen molar-refractivity contribution < 1.29 is 18.5 Å². The van der Waals surface area contributed by atoms with Crippen molar-refractivity contribution in [1.82, 2.24) is 0 Å². The number of benzene rings is 1. The lowest BCUT2D eigenvalue weighted by molar-refractivity contribution is 0.150. The number of para-hydroxylation sites is 1. The van der Waals surface area contributed by atoms with Gasteiger partial charge in [-0.15, -0.1) is 6.32 Å². The first-order chi connectivity index (χ1) is 14.0. The average Bonchev–Trinajstić information content (AvgIpc) is 2.96. The molecule has 3 atom stereocenters. The number of hydrogen-bond donors (Lipinski definition) is 0. The lowest BCUT2D eigenvalue weighted by Crippen LogP contribution is -2.45. The van der Waals surface area contributed by atoms with Gasteiger partial charge in [0.15, 0.2) is 8.32 Å². The van der Waals surface area contributed by atoms with E-state index in [4.69, 9.17) is 18.5 Å². The lowest BCUT2D eigenvalue weighted by atomic mass is 9.53. The second-order valence-electron chi connectivity index (χ2n) is 10.2. The molecular weight excluding hydrogens is 391 g/mol. The maximum atomic E-state index is 6.71. The molecule has 0 bridgehead atoms. The molecule has 1 aromatic carbocycles. The zero-order valence-corrected chi connectivity index (χ0v) is 21.3. The summed E-state index contributed by atoms with van der Waals surface area (Å²) >= 11 is 0. The number of hydrogen-bond acceptors (Lipinski definition) is 4. The van der Waals surface area contributed by atoms with Gasteiger partial charge in [0.1, 0.15) is 12.4 Å². The van der Waals surface area contributed by atoms with Gasteiger partial charge in [0.2, 0.25) is 0 Å². The van der Waals surface area contributed by atoms with E-state index >= 15 is 0 Å². The Labute approximate surface area is 185 Å². The largest absolute Gasteiger partial charge is 0.561 e. The molecule has 0 amide bonds. The summed E-state index contributed by atoms with van der Waals surface area (Å²) in [5.74, 6) is 3.00. The molecule has 170 valence electrons. The first-order valence-electron chi connectivity index (χ1n) is 11.5. The van der Waals surface area contributed by atoms with E-state index in [1.54, 1.807) is 0 Å². The van der Waals surface area contributed by atoms with Crippen LogP contribution in [0, 0.1) is 0 Å². The predicted molar refractivity (Wildman–Crippen MR) is 130 cm³/mol. The van der Waals surface area contributed by atoms with E-state index in [0.717, 1.165) is 24.9 Å². The van der Waals surface area contributed by atoms with E-state index in [9.17, 15) is 0 Å². The summed E-state index contributed by atoms with van der Waals surface area (Å²) in [5, 5.41) is 0.125. The SMILES string of the molecule is CCCC[B-]1(/C=C/C(COc2ccccc2)O[Si](C)(C)C(C)(C)C)OC(C)C(C)O1. The molecule has 0 aliphatic carbocycles. The summed E-state index contributed by atoms with van der Waals surface area (Å²) in [6.07, 6.45) is 5.30. The monoisotopic (exact) mass is 433 g/mol. The molecule has 6 heteroatoms. The van der Waals surface area contributed by atoms with Crippen molar-refractivity contribution in [1.29, 1.82) is 0 Å². The summed E-state index contributed by atoms with van der Waals surface area (Å²) in [5.41, 5.74) is 0. The van der Waals surface area contributed by atoms with Crippen LogP contribution in [0.25, 0.3) is 0 Å². The molecule has 0 saturated carbocycles. The topological polar surface area (TPSA) is 36.9 Å². The molecule has 1 saturated heterocycles. The van der Waals surface area contributed by atoms with Crippen molar-refractivity contribution in [2.24, 2.45) is 0 Å². The van der Waals surface area contributed by atoms with Crippen LogP contribution in [-0.4, -0.2) is 39.8 Å². The molecule has 0 radical (unpaired) electrons. The van der Waals surface area contributed by atoms with Crippen LogP contribution < -0.4 is 4.74 Å². The van der Waals surface area contributed by atoms with E-state index in [-0.39, 0.29) is 23.4 Å². The van der Waals surface area contributed by atoms with Crippen LogP contribution in [0.5, 0.6) is 5.75 Å². The van der Waals surface area contributed by atoms with Crippen LogP contribution in [0.15, 0.2) is 42.4 Å². The molecule has 1 heterocycles. The Hall–Kier alpha value is -1.08. The van der Waals surface area contributed by atoms with E-state index < -0.39 is 14.9 Å². The molecule has 0 aromatic heterocycles. The van der Waals surface area contributed by atoms with Crippen molar-refractivity contribution in [3.63, 3.8) is 0 Å². The minimum atomic E-state index is -1.97. The summed E-state index contributed by atoms with van der Waals surface area (Å²) < 4.78 is 25.5. The number of unbranched alkanes of at least 4 members (excludes halogenated alkanes) is 1. The fraction of sp³-hybridized carbons (Fsp3) is 0.667. The molecule has 2 rings (SSSR count). The Bertz CT molecular complexity index is 662. The predicted octanol–water partition coefficient (Wildman–Crippen LogP) is 6.62. The zero-order valence-electron chi connectivity index (χ0n) is 20.3. The molecule has 1 fully saturated rings. The normalized spacial score (nSPS) is 26.3. The van der Waals surface area contributed by atoms with Crippen molar-refractivity contribution >= 4 is 14.9 Å². The maximum Gasteiger partial charge on any atom is 0.263 e. The summed E-state index contributed by atoms with van der Waals surface area (Å²) in [4.78, 5) is 0. The molecule has 3 unspecified atom stereocenters. The highest BCUT2D eigenvalue weighted by Crippen LogP contribution is 2.38. The van der Waals surface area contributed by atoms with Gasteiger partial charge >= 0.3 is 0 Å². The molecule has 30 heavy (non-hydrogen) atoms. The molecule has 0 spiro atoms. The molecule has 1 aromatic rings. The quantitative estimate of drug-likeness (QED) is 0.389. The third-order valence-electron chi connectivity index (χ3n) is 6.54. The lowest BCUT2D eigenvalue weighted by Gasteiger charge is -2.39. The van der Waals surface area contributed by atoms with Crippen LogP contribution in [0.3, 0.4) is 0 Å². The van der Waals surface area contributed by atoms with Gasteiger partial charge < -0.3 is 18.5 Å². The molecular formula is C24H42BO4Si-. The summed E-state index contributed by atoms with van der Waals surface area (Å²) in [6.45, 7) is 16.8. The molecule has 1 aliphatic rings. The highest BCUT2D eigenvalue weighted by atomic mass is 28.4. The Balaban J connectivity index is 2.20. The van der Waals surface area contributed by atoms with Gasteiger partial charge in [0, 0.05) is 12.2 Å². The fourth-order valence-electron chi connectivity index (χ4n) is 3.46. The second-order valence-corrected chi connectivity index (χ2v) is 14.9. The first-order valence-corrected chi connectivity index (χ1v) is 14.5. The Kier molecular flexibility index (Phi) is 8.81. The van der Waals surface area contributed by atoms with Gasteiger partial charge in [-0.3, -0.25) is 0 Å². The highest BCUT2D eigenvalue weighted by Gasteiger charge is 2.40. The Morgan fingerprint density at radius 3 is 2.23 bits per heavy atom. The van der Waals surface area contributed by atoms with E-state index in [1.165, 1.54) is 0 Å². The van der Waals surface area contributed by atoms with Crippen molar-refractivity contribution in [3.8, 4) is 5.75 Å². The van der Waals surface area contributed by atoms with Crippen LogP contribution in [0.4, 0.5) is 0 Å². The summed E-state index contributed by atoms with van der Waals surface area (Å²) in [6, 6.07) is 9.92. The van der Waals surface area contributed by atoms with E-state index in [1.807, 2.05) is 30.3 Å². The average molecular weight is 433 g/mol. The van der Waals surface area contributed by atoms with Crippen LogP contribution >= 0.6 is 0 Å². The molecule has 1 aliphatic heterocycles. The Morgan fingerprint density at radius 1 is 1.10 bits per heavy atom. The number of ether oxygens (including phenoxy) is 1. The van der Waals surface area contributed by atoms with Crippen molar-refractivity contribution in [2.75, 3.05) is 6.61 Å². The van der Waals surface area contributed by atoms with Gasteiger partial charge in [0.25, 0.3) is 6.55 Å². The van der Waals surface area contributed by atoms with Crippen molar-refractivity contribution in [2.45, 2.75) is 97.1 Å². The Morgan fingerprint density at radius 2 is 1.70 bits per heavy atom. The fourth-order valence-corrected chi connectivity index (χ4v) is 4.72. The molecule has 0 N–H and O–H groups in total. The molecule has 4 nitrogen and oxygen atoms in total. The van der Waals surface area contributed by atoms with Crippen LogP contribution in [0.2, 0.25) is 24.5 Å². The standard InChI is InChI=1S/C24H42BO4Si/c1-9-10-17-25(27-20(2)21(3)28-25)18-16-23(29-30(7,8)24(4,5)6)19-26-22-14-12-11-13-15-22/h11-16,18,20-21,23H,9-10,17,19H2,1-8H3/q-1/b18-16+. The first kappa shape index (κ1) is 25.2. The minimum Gasteiger partial charge on any atom is -0.561 e. The second kappa shape index (κ2) is 10.5. The van der Waals surface area contributed by atoms with Gasteiger partial charge in [-0.2, -0.15) is 5.98 Å². The summed E-state index contributed by atoms with van der Waals surface area (Å²) in [7, 11) is -1.97. The van der Waals surface area contributed by atoms with Gasteiger partial charge in [-0.1, -0.05) is 64.8 Å². The minimum absolute atomic E-state index is 0.104. The van der Waals surface area contributed by atoms with Gasteiger partial charge in [-0.05, 0) is 44.1 Å². The van der Waals surface area contributed by atoms with Crippen molar-refractivity contribution in [3.05, 3.63) is 42.4 Å². The van der Waals surface area contributed by atoms with Gasteiger partial charge in [-0.25, -0.2) is 0 Å². The van der Waals surface area contributed by atoms with E-state index in [2.05, 4.69) is 66.7 Å². The third-order valence-corrected chi connectivity index (χ3v) is 11.0. The van der Waals surface area contributed by atoms with Crippen LogP contribution in [0.1, 0.15) is 54.4 Å². The third kappa shape index (κ3) is 6.98. The van der Waals surface area contributed by atoms with E-state index in [0.29, 0.717) is 6.61 Å². The maximum absolute atomic E-state index is 6.71.